The molecule has 3 aromatic rings. The molecule has 7 nitrogen and oxygen atoms in total. The Balaban J connectivity index is 1.31. The molecule has 1 aliphatic rings. The average Bonchev–Trinajstić information content (AvgIpc) is 3.22. The number of nitrogens with one attached hydrogen (secondary N) is 2. The highest BCUT2D eigenvalue weighted by Crippen LogP contribution is 2.18. The number of amides is 2. The number of aromatic nitrogens is 2. The minimum Gasteiger partial charge on any atom is -0.354 e. The second-order valence-electron chi connectivity index (χ2n) is 6.57. The number of hydrogen-bond donors (Lipinski definition) is 2. The van der Waals surface area contributed by atoms with E-state index in [2.05, 4.69) is 54.7 Å². The van der Waals surface area contributed by atoms with E-state index in [1.165, 1.54) is 23.2 Å². The van der Waals surface area contributed by atoms with Crippen molar-refractivity contribution in [2.75, 3.05) is 41.7 Å². The number of carbonyl (C=O) groups excluding carboxylic acids is 1. The second-order valence-corrected chi connectivity index (χ2v) is 7.51. The molecule has 0 spiro atoms. The van der Waals surface area contributed by atoms with Crippen LogP contribution in [-0.2, 0) is 6.54 Å². The van der Waals surface area contributed by atoms with Crippen molar-refractivity contribution in [3.63, 3.8) is 0 Å². The largest absolute Gasteiger partial charge is 0.354 e. The predicted octanol–water partition coefficient (Wildman–Crippen LogP) is 3.50. The molecular weight excluding hydrogens is 372 g/mol. The van der Waals surface area contributed by atoms with Gasteiger partial charge in [-0.3, -0.25) is 15.5 Å². The number of thiophene rings is 1. The fraction of sp³-hybridized carbons (Fsp3) is 0.250. The average molecular weight is 395 g/mol. The number of rotatable bonds is 5. The van der Waals surface area contributed by atoms with Crippen LogP contribution >= 0.6 is 11.3 Å². The first-order valence-electron chi connectivity index (χ1n) is 9.21. The molecule has 1 fully saturated rings. The van der Waals surface area contributed by atoms with Crippen molar-refractivity contribution in [1.29, 1.82) is 0 Å². The van der Waals surface area contributed by atoms with E-state index in [0.717, 1.165) is 43.5 Å². The summed E-state index contributed by atoms with van der Waals surface area (Å²) in [7, 11) is 0. The van der Waals surface area contributed by atoms with Crippen LogP contribution in [0.5, 0.6) is 0 Å². The van der Waals surface area contributed by atoms with E-state index in [1.807, 2.05) is 29.6 Å². The molecule has 1 aliphatic heterocycles. The number of anilines is 3. The summed E-state index contributed by atoms with van der Waals surface area (Å²) in [6.45, 7) is 4.70. The monoisotopic (exact) mass is 394 g/mol. The standard InChI is InChI=1S/C20H22N6OS/c27-20(24-19-7-4-12-28-19)23-17-13-18(22-15-21-17)26-10-8-25(9-11-26)14-16-5-2-1-3-6-16/h1-7,12-13,15H,8-11,14H2,(H2,21,22,23,24,27). The van der Waals surface area contributed by atoms with Gasteiger partial charge in [-0.15, -0.1) is 11.3 Å². The molecule has 1 saturated heterocycles. The summed E-state index contributed by atoms with van der Waals surface area (Å²) < 4.78 is 0. The molecule has 4 rings (SSSR count). The molecule has 1 aromatic carbocycles. The Kier molecular flexibility index (Phi) is 5.79. The van der Waals surface area contributed by atoms with Crippen molar-refractivity contribution in [3.8, 4) is 0 Å². The van der Waals surface area contributed by atoms with Gasteiger partial charge in [-0.05, 0) is 23.1 Å². The summed E-state index contributed by atoms with van der Waals surface area (Å²) in [5, 5.41) is 8.26. The Morgan fingerprint density at radius 3 is 2.57 bits per heavy atom. The first-order valence-corrected chi connectivity index (χ1v) is 10.1. The van der Waals surface area contributed by atoms with Gasteiger partial charge in [-0.2, -0.15) is 0 Å². The van der Waals surface area contributed by atoms with Crippen molar-refractivity contribution in [1.82, 2.24) is 14.9 Å². The molecule has 3 heterocycles. The van der Waals surface area contributed by atoms with Crippen molar-refractivity contribution >= 4 is 34.0 Å². The molecule has 0 saturated carbocycles. The van der Waals surface area contributed by atoms with Crippen LogP contribution in [0.15, 0.2) is 60.2 Å². The highest BCUT2D eigenvalue weighted by molar-refractivity contribution is 7.14. The summed E-state index contributed by atoms with van der Waals surface area (Å²) in [4.78, 5) is 25.3. The minimum atomic E-state index is -0.306. The Labute approximate surface area is 168 Å². The second kappa shape index (κ2) is 8.81. The van der Waals surface area contributed by atoms with Crippen LogP contribution in [0.4, 0.5) is 21.4 Å². The summed E-state index contributed by atoms with van der Waals surface area (Å²) in [5.74, 6) is 1.33. The summed E-state index contributed by atoms with van der Waals surface area (Å²) >= 11 is 1.47. The Bertz CT molecular complexity index is 894. The number of urea groups is 1. The zero-order valence-corrected chi connectivity index (χ0v) is 16.2. The summed E-state index contributed by atoms with van der Waals surface area (Å²) in [5.41, 5.74) is 1.33. The van der Waals surface area contributed by atoms with Crippen LogP contribution in [0.25, 0.3) is 0 Å². The quantitative estimate of drug-likeness (QED) is 0.693. The molecule has 2 aromatic heterocycles. The van der Waals surface area contributed by atoms with Crippen LogP contribution in [0.1, 0.15) is 5.56 Å². The molecule has 0 unspecified atom stereocenters. The number of benzene rings is 1. The van der Waals surface area contributed by atoms with E-state index >= 15 is 0 Å². The Morgan fingerprint density at radius 2 is 1.82 bits per heavy atom. The molecule has 2 N–H and O–H groups in total. The zero-order chi connectivity index (χ0) is 19.2. The predicted molar refractivity (Wildman–Crippen MR) is 113 cm³/mol. The van der Waals surface area contributed by atoms with Crippen molar-refractivity contribution in [3.05, 3.63) is 65.8 Å². The molecule has 2 amide bonds. The topological polar surface area (TPSA) is 73.4 Å². The Hall–Kier alpha value is -2.97. The fourth-order valence-electron chi connectivity index (χ4n) is 3.17. The van der Waals surface area contributed by atoms with Crippen molar-refractivity contribution in [2.24, 2.45) is 0 Å². The van der Waals surface area contributed by atoms with E-state index < -0.39 is 0 Å². The minimum absolute atomic E-state index is 0.306. The maximum Gasteiger partial charge on any atom is 0.325 e. The molecule has 28 heavy (non-hydrogen) atoms. The molecule has 0 aliphatic carbocycles. The number of nitrogens with zero attached hydrogens (tertiary/aromatic N) is 4. The first kappa shape index (κ1) is 18.4. The van der Waals surface area contributed by atoms with Gasteiger partial charge in [0.15, 0.2) is 0 Å². The Morgan fingerprint density at radius 1 is 1.00 bits per heavy atom. The normalized spacial score (nSPS) is 14.6. The molecule has 144 valence electrons. The number of hydrogen-bond acceptors (Lipinski definition) is 6. The third-order valence-corrected chi connectivity index (χ3v) is 5.38. The molecule has 0 atom stereocenters. The fourth-order valence-corrected chi connectivity index (χ4v) is 3.79. The SMILES string of the molecule is O=C(Nc1cc(N2CCN(Cc3ccccc3)CC2)ncn1)Nc1cccs1. The summed E-state index contributed by atoms with van der Waals surface area (Å²) in [6.07, 6.45) is 1.49. The van der Waals surface area contributed by atoms with E-state index in [0.29, 0.717) is 5.82 Å². The number of piperazine rings is 1. The third kappa shape index (κ3) is 4.85. The molecule has 0 radical (unpaired) electrons. The van der Waals surface area contributed by atoms with Gasteiger partial charge in [-0.1, -0.05) is 30.3 Å². The van der Waals surface area contributed by atoms with Gasteiger partial charge in [0, 0.05) is 38.8 Å². The highest BCUT2D eigenvalue weighted by Gasteiger charge is 2.18. The zero-order valence-electron chi connectivity index (χ0n) is 15.4. The van der Waals surface area contributed by atoms with Crippen LogP contribution in [0.3, 0.4) is 0 Å². The number of carbonyl (C=O) groups is 1. The van der Waals surface area contributed by atoms with Gasteiger partial charge in [0.2, 0.25) is 0 Å². The van der Waals surface area contributed by atoms with Gasteiger partial charge >= 0.3 is 6.03 Å². The molecular formula is C20H22N6OS. The lowest BCUT2D eigenvalue weighted by atomic mass is 10.2. The first-order chi connectivity index (χ1) is 13.8. The lowest BCUT2D eigenvalue weighted by molar-refractivity contribution is 0.249. The molecule has 0 bridgehead atoms. The third-order valence-electron chi connectivity index (χ3n) is 4.60. The highest BCUT2D eigenvalue weighted by atomic mass is 32.1. The van der Waals surface area contributed by atoms with E-state index in [1.54, 1.807) is 0 Å². The van der Waals surface area contributed by atoms with Crippen LogP contribution in [0.2, 0.25) is 0 Å². The van der Waals surface area contributed by atoms with Crippen LogP contribution in [-0.4, -0.2) is 47.1 Å². The van der Waals surface area contributed by atoms with Gasteiger partial charge in [0.05, 0.1) is 5.00 Å². The maximum absolute atomic E-state index is 12.1. The smallest absolute Gasteiger partial charge is 0.325 e. The van der Waals surface area contributed by atoms with Gasteiger partial charge in [0.25, 0.3) is 0 Å². The van der Waals surface area contributed by atoms with Gasteiger partial charge < -0.3 is 4.90 Å². The van der Waals surface area contributed by atoms with Crippen LogP contribution in [0, 0.1) is 0 Å². The lowest BCUT2D eigenvalue weighted by Crippen LogP contribution is -2.46. The van der Waals surface area contributed by atoms with E-state index in [4.69, 9.17) is 0 Å². The maximum atomic E-state index is 12.1. The van der Waals surface area contributed by atoms with E-state index in [-0.39, 0.29) is 6.03 Å². The molecule has 8 heteroatoms. The lowest BCUT2D eigenvalue weighted by Gasteiger charge is -2.35. The van der Waals surface area contributed by atoms with Crippen LogP contribution < -0.4 is 15.5 Å². The van der Waals surface area contributed by atoms with Gasteiger partial charge in [-0.25, -0.2) is 14.8 Å². The van der Waals surface area contributed by atoms with E-state index in [9.17, 15) is 4.79 Å². The summed E-state index contributed by atoms with van der Waals surface area (Å²) in [6, 6.07) is 15.8. The van der Waals surface area contributed by atoms with Gasteiger partial charge in [0.1, 0.15) is 18.0 Å². The van der Waals surface area contributed by atoms with Crippen molar-refractivity contribution < 1.29 is 4.79 Å². The van der Waals surface area contributed by atoms with Crippen molar-refractivity contribution in [2.45, 2.75) is 6.54 Å².